The highest BCUT2D eigenvalue weighted by molar-refractivity contribution is 5.85. The lowest BCUT2D eigenvalue weighted by molar-refractivity contribution is 0.275. The first-order valence-electron chi connectivity index (χ1n) is 6.54. The molecule has 4 heteroatoms. The van der Waals surface area contributed by atoms with Crippen LogP contribution in [0.15, 0.2) is 29.4 Å². The molecule has 1 aromatic rings. The van der Waals surface area contributed by atoms with E-state index in [1.165, 1.54) is 11.1 Å². The first-order valence-corrected chi connectivity index (χ1v) is 6.54. The Morgan fingerprint density at radius 2 is 2.06 bits per heavy atom. The van der Waals surface area contributed by atoms with Crippen LogP contribution in [0.5, 0.6) is 0 Å². The number of amidine groups is 1. The van der Waals surface area contributed by atoms with Crippen molar-refractivity contribution in [3.63, 3.8) is 0 Å². The third kappa shape index (κ3) is 2.82. The van der Waals surface area contributed by atoms with Crippen LogP contribution in [0.25, 0.3) is 0 Å². The minimum absolute atomic E-state index is 0.0841. The molecule has 0 radical (unpaired) electrons. The molecule has 0 spiro atoms. The Morgan fingerprint density at radius 3 is 2.67 bits per heavy atom. The summed E-state index contributed by atoms with van der Waals surface area (Å²) in [5.74, 6) is 0.331. The van der Waals surface area contributed by atoms with E-state index in [4.69, 9.17) is 10.9 Å². The Hall–Kier alpha value is -1.55. The summed E-state index contributed by atoms with van der Waals surface area (Å²) >= 11 is 0. The van der Waals surface area contributed by atoms with E-state index >= 15 is 0 Å². The summed E-state index contributed by atoms with van der Waals surface area (Å²) in [6.45, 7) is 4.03. The standard InChI is InChI=1S/C14H21N3O/c1-2-11-5-7-12(8-6-11)10-17-9-3-4-13(17)14(15)16-18/h5-8,13,18H,2-4,9-10H2,1H3,(H2,15,16). The van der Waals surface area contributed by atoms with Gasteiger partial charge in [-0.2, -0.15) is 0 Å². The van der Waals surface area contributed by atoms with Crippen LogP contribution in [-0.2, 0) is 13.0 Å². The molecule has 1 fully saturated rings. The molecule has 0 aliphatic carbocycles. The van der Waals surface area contributed by atoms with Crippen molar-refractivity contribution in [2.75, 3.05) is 6.54 Å². The highest BCUT2D eigenvalue weighted by Crippen LogP contribution is 2.20. The number of rotatable bonds is 4. The van der Waals surface area contributed by atoms with Crippen LogP contribution in [0, 0.1) is 0 Å². The lowest BCUT2D eigenvalue weighted by atomic mass is 10.1. The number of nitrogens with two attached hydrogens (primary N) is 1. The summed E-state index contributed by atoms with van der Waals surface area (Å²) in [5.41, 5.74) is 8.36. The van der Waals surface area contributed by atoms with Gasteiger partial charge in [-0.1, -0.05) is 36.3 Å². The van der Waals surface area contributed by atoms with Crippen molar-refractivity contribution < 1.29 is 5.21 Å². The first kappa shape index (κ1) is 12.9. The molecule has 18 heavy (non-hydrogen) atoms. The van der Waals surface area contributed by atoms with Gasteiger partial charge in [-0.15, -0.1) is 0 Å². The summed E-state index contributed by atoms with van der Waals surface area (Å²) in [6.07, 6.45) is 3.15. The van der Waals surface area contributed by atoms with Gasteiger partial charge in [0.15, 0.2) is 5.84 Å². The van der Waals surface area contributed by atoms with Gasteiger partial charge in [-0.3, -0.25) is 4.90 Å². The molecule has 0 amide bonds. The lowest BCUT2D eigenvalue weighted by Crippen LogP contribution is -2.40. The molecule has 4 nitrogen and oxygen atoms in total. The molecule has 2 rings (SSSR count). The van der Waals surface area contributed by atoms with Crippen molar-refractivity contribution in [1.82, 2.24) is 4.90 Å². The largest absolute Gasteiger partial charge is 0.409 e. The first-order chi connectivity index (χ1) is 8.74. The molecule has 1 aliphatic rings. The van der Waals surface area contributed by atoms with Crippen LogP contribution in [-0.4, -0.2) is 28.5 Å². The second-order valence-electron chi connectivity index (χ2n) is 4.82. The average molecular weight is 247 g/mol. The van der Waals surface area contributed by atoms with Crippen LogP contribution in [0.4, 0.5) is 0 Å². The Balaban J connectivity index is 2.03. The molecule has 1 unspecified atom stereocenters. The van der Waals surface area contributed by atoms with Crippen molar-refractivity contribution in [3.8, 4) is 0 Å². The van der Waals surface area contributed by atoms with Crippen molar-refractivity contribution in [3.05, 3.63) is 35.4 Å². The second-order valence-corrected chi connectivity index (χ2v) is 4.82. The Morgan fingerprint density at radius 1 is 1.39 bits per heavy atom. The normalized spacial score (nSPS) is 21.4. The molecular formula is C14H21N3O. The van der Waals surface area contributed by atoms with E-state index in [-0.39, 0.29) is 6.04 Å². The number of oxime groups is 1. The van der Waals surface area contributed by atoms with Gasteiger partial charge in [0.1, 0.15) is 0 Å². The van der Waals surface area contributed by atoms with E-state index in [0.717, 1.165) is 32.4 Å². The third-order valence-electron chi connectivity index (χ3n) is 3.64. The zero-order valence-corrected chi connectivity index (χ0v) is 10.8. The zero-order chi connectivity index (χ0) is 13.0. The second kappa shape index (κ2) is 5.87. The average Bonchev–Trinajstić information content (AvgIpc) is 2.87. The van der Waals surface area contributed by atoms with Gasteiger partial charge in [0.25, 0.3) is 0 Å². The smallest absolute Gasteiger partial charge is 0.156 e. The monoisotopic (exact) mass is 247 g/mol. The predicted octanol–water partition coefficient (Wildman–Crippen LogP) is 1.96. The van der Waals surface area contributed by atoms with Gasteiger partial charge in [-0.25, -0.2) is 0 Å². The van der Waals surface area contributed by atoms with E-state index in [1.807, 2.05) is 0 Å². The highest BCUT2D eigenvalue weighted by atomic mass is 16.4. The molecule has 1 aliphatic heterocycles. The fourth-order valence-electron chi connectivity index (χ4n) is 2.53. The Kier molecular flexibility index (Phi) is 4.20. The molecular weight excluding hydrogens is 226 g/mol. The Bertz CT molecular complexity index is 414. The van der Waals surface area contributed by atoms with Crippen molar-refractivity contribution in [2.45, 2.75) is 38.8 Å². The summed E-state index contributed by atoms with van der Waals surface area (Å²) in [4.78, 5) is 2.27. The molecule has 98 valence electrons. The van der Waals surface area contributed by atoms with E-state index < -0.39 is 0 Å². The summed E-state index contributed by atoms with van der Waals surface area (Å²) in [7, 11) is 0. The van der Waals surface area contributed by atoms with Gasteiger partial charge >= 0.3 is 0 Å². The molecule has 1 atom stereocenters. The summed E-state index contributed by atoms with van der Waals surface area (Å²) < 4.78 is 0. The van der Waals surface area contributed by atoms with E-state index in [0.29, 0.717) is 5.84 Å². The molecule has 1 heterocycles. The summed E-state index contributed by atoms with van der Waals surface area (Å²) in [6, 6.07) is 8.76. The van der Waals surface area contributed by atoms with E-state index in [9.17, 15) is 0 Å². The number of hydrogen-bond donors (Lipinski definition) is 2. The van der Waals surface area contributed by atoms with Gasteiger partial charge < -0.3 is 10.9 Å². The molecule has 3 N–H and O–H groups in total. The molecule has 0 saturated carbocycles. The molecule has 0 bridgehead atoms. The Labute approximate surface area is 108 Å². The number of nitrogens with zero attached hydrogens (tertiary/aromatic N) is 2. The maximum absolute atomic E-state index is 8.78. The number of likely N-dealkylation sites (tertiary alicyclic amines) is 1. The fourth-order valence-corrected chi connectivity index (χ4v) is 2.53. The van der Waals surface area contributed by atoms with E-state index in [2.05, 4.69) is 41.2 Å². The zero-order valence-electron chi connectivity index (χ0n) is 10.8. The van der Waals surface area contributed by atoms with Gasteiger partial charge in [0.2, 0.25) is 0 Å². The van der Waals surface area contributed by atoms with Crippen LogP contribution in [0.2, 0.25) is 0 Å². The minimum Gasteiger partial charge on any atom is -0.409 e. The van der Waals surface area contributed by atoms with Crippen molar-refractivity contribution >= 4 is 5.84 Å². The third-order valence-corrected chi connectivity index (χ3v) is 3.64. The van der Waals surface area contributed by atoms with Gasteiger partial charge in [0.05, 0.1) is 6.04 Å². The highest BCUT2D eigenvalue weighted by Gasteiger charge is 2.27. The van der Waals surface area contributed by atoms with Crippen molar-refractivity contribution in [1.29, 1.82) is 0 Å². The summed E-state index contributed by atoms with van der Waals surface area (Å²) in [5, 5.41) is 11.9. The maximum Gasteiger partial charge on any atom is 0.156 e. The minimum atomic E-state index is 0.0841. The lowest BCUT2D eigenvalue weighted by Gasteiger charge is -2.23. The van der Waals surface area contributed by atoms with E-state index in [1.54, 1.807) is 0 Å². The fraction of sp³-hybridized carbons (Fsp3) is 0.500. The van der Waals surface area contributed by atoms with Crippen LogP contribution in [0.3, 0.4) is 0 Å². The van der Waals surface area contributed by atoms with Crippen LogP contribution < -0.4 is 5.73 Å². The predicted molar refractivity (Wildman–Crippen MR) is 72.7 cm³/mol. The van der Waals surface area contributed by atoms with Crippen LogP contribution >= 0.6 is 0 Å². The molecule has 1 saturated heterocycles. The number of aryl methyl sites for hydroxylation is 1. The van der Waals surface area contributed by atoms with Crippen LogP contribution in [0.1, 0.15) is 30.9 Å². The molecule has 0 aromatic heterocycles. The quantitative estimate of drug-likeness (QED) is 0.370. The molecule has 1 aromatic carbocycles. The SMILES string of the molecule is CCc1ccc(CN2CCCC2C(N)=NO)cc1. The van der Waals surface area contributed by atoms with Gasteiger partial charge in [-0.05, 0) is 36.9 Å². The topological polar surface area (TPSA) is 61.8 Å². The van der Waals surface area contributed by atoms with Gasteiger partial charge in [0, 0.05) is 6.54 Å². The maximum atomic E-state index is 8.78. The number of hydrogen-bond acceptors (Lipinski definition) is 3. The number of benzene rings is 1. The van der Waals surface area contributed by atoms with Crippen molar-refractivity contribution in [2.24, 2.45) is 10.9 Å².